The summed E-state index contributed by atoms with van der Waals surface area (Å²) in [6.45, 7) is 9.97. The van der Waals surface area contributed by atoms with Crippen molar-refractivity contribution in [1.82, 2.24) is 14.8 Å². The quantitative estimate of drug-likeness (QED) is 0.590. The molecule has 3 aromatic rings. The van der Waals surface area contributed by atoms with Crippen molar-refractivity contribution in [3.63, 3.8) is 0 Å². The second kappa shape index (κ2) is 8.57. The number of hydrogen-bond donors (Lipinski definition) is 0. The van der Waals surface area contributed by atoms with Crippen LogP contribution >= 0.6 is 0 Å². The Bertz CT molecular complexity index is 1090. The fraction of sp³-hybridized carbons (Fsp3) is 0.348. The SMILES string of the molecule is CCOc1cccc(C2=NCc3nnc(C)n3-c3cc(OCC)cc(OCC)c32)c1. The van der Waals surface area contributed by atoms with E-state index in [-0.39, 0.29) is 0 Å². The van der Waals surface area contributed by atoms with Crippen LogP contribution in [0.15, 0.2) is 41.4 Å². The number of benzene rings is 2. The van der Waals surface area contributed by atoms with E-state index >= 15 is 0 Å². The lowest BCUT2D eigenvalue weighted by molar-refractivity contribution is 0.322. The highest BCUT2D eigenvalue weighted by atomic mass is 16.5. The molecule has 0 saturated carbocycles. The topological polar surface area (TPSA) is 70.8 Å². The molecule has 0 N–H and O–H groups in total. The summed E-state index contributed by atoms with van der Waals surface area (Å²) in [5, 5.41) is 8.61. The average Bonchev–Trinajstić information content (AvgIpc) is 3.01. The second-order valence-electron chi connectivity index (χ2n) is 6.81. The Balaban J connectivity index is 1.98. The minimum absolute atomic E-state index is 0.416. The van der Waals surface area contributed by atoms with Gasteiger partial charge >= 0.3 is 0 Å². The van der Waals surface area contributed by atoms with Gasteiger partial charge in [0.25, 0.3) is 0 Å². The molecule has 156 valence electrons. The Labute approximate surface area is 176 Å². The molecule has 0 atom stereocenters. The van der Waals surface area contributed by atoms with Gasteiger partial charge in [-0.15, -0.1) is 10.2 Å². The molecule has 0 saturated heterocycles. The molecule has 7 heteroatoms. The number of nitrogens with zero attached hydrogens (tertiary/aromatic N) is 4. The predicted molar refractivity (Wildman–Crippen MR) is 115 cm³/mol. The molecule has 0 spiro atoms. The molecular weight excluding hydrogens is 380 g/mol. The van der Waals surface area contributed by atoms with Crippen molar-refractivity contribution in [2.75, 3.05) is 19.8 Å². The van der Waals surface area contributed by atoms with Crippen LogP contribution in [0.2, 0.25) is 0 Å². The lowest BCUT2D eigenvalue weighted by Gasteiger charge is -2.19. The number of aliphatic imine (C=N–C) groups is 1. The molecule has 2 aromatic carbocycles. The number of hydrogen-bond acceptors (Lipinski definition) is 6. The van der Waals surface area contributed by atoms with E-state index in [1.165, 1.54) is 0 Å². The Morgan fingerprint density at radius 2 is 1.67 bits per heavy atom. The molecule has 2 heterocycles. The Morgan fingerprint density at radius 1 is 0.900 bits per heavy atom. The summed E-state index contributed by atoms with van der Waals surface area (Å²) >= 11 is 0. The maximum Gasteiger partial charge on any atom is 0.159 e. The zero-order valence-electron chi connectivity index (χ0n) is 17.8. The maximum absolute atomic E-state index is 6.06. The van der Waals surface area contributed by atoms with E-state index in [0.29, 0.717) is 26.4 Å². The molecule has 1 aliphatic heterocycles. The van der Waals surface area contributed by atoms with Gasteiger partial charge in [0.05, 0.1) is 36.8 Å². The van der Waals surface area contributed by atoms with E-state index in [1.807, 2.05) is 68.7 Å². The van der Waals surface area contributed by atoms with Gasteiger partial charge in [-0.05, 0) is 39.8 Å². The van der Waals surface area contributed by atoms with Gasteiger partial charge in [-0.2, -0.15) is 0 Å². The number of ether oxygens (including phenoxy) is 3. The van der Waals surface area contributed by atoms with Gasteiger partial charge in [0, 0.05) is 17.7 Å². The van der Waals surface area contributed by atoms with Crippen LogP contribution in [0.25, 0.3) is 5.69 Å². The summed E-state index contributed by atoms with van der Waals surface area (Å²) in [7, 11) is 0. The second-order valence-corrected chi connectivity index (χ2v) is 6.81. The van der Waals surface area contributed by atoms with Crippen LogP contribution in [0, 0.1) is 6.92 Å². The molecule has 4 rings (SSSR count). The minimum atomic E-state index is 0.416. The van der Waals surface area contributed by atoms with Crippen molar-refractivity contribution >= 4 is 5.71 Å². The van der Waals surface area contributed by atoms with Crippen molar-refractivity contribution < 1.29 is 14.2 Å². The van der Waals surface area contributed by atoms with Crippen LogP contribution in [0.5, 0.6) is 17.2 Å². The number of aromatic nitrogens is 3. The monoisotopic (exact) mass is 406 g/mol. The van der Waals surface area contributed by atoms with Crippen LogP contribution in [0.3, 0.4) is 0 Å². The van der Waals surface area contributed by atoms with Crippen LogP contribution < -0.4 is 14.2 Å². The van der Waals surface area contributed by atoms with Crippen molar-refractivity contribution in [2.24, 2.45) is 4.99 Å². The molecule has 1 aliphatic rings. The first kappa shape index (κ1) is 19.9. The van der Waals surface area contributed by atoms with E-state index < -0.39 is 0 Å². The standard InChI is InChI=1S/C23H26N4O3/c1-5-28-17-10-8-9-16(11-17)23-22-19(27-15(4)25-26-21(27)14-24-23)12-18(29-6-2)13-20(22)30-7-3/h8-13H,5-7,14H2,1-4H3. The van der Waals surface area contributed by atoms with Gasteiger partial charge in [0.2, 0.25) is 0 Å². The van der Waals surface area contributed by atoms with Crippen molar-refractivity contribution in [1.29, 1.82) is 0 Å². The normalized spacial score (nSPS) is 12.5. The third-order valence-electron chi connectivity index (χ3n) is 4.83. The molecule has 0 aliphatic carbocycles. The van der Waals surface area contributed by atoms with Crippen LogP contribution in [0.1, 0.15) is 43.5 Å². The first-order valence-corrected chi connectivity index (χ1v) is 10.3. The molecular formula is C23H26N4O3. The maximum atomic E-state index is 6.06. The first-order valence-electron chi connectivity index (χ1n) is 10.3. The van der Waals surface area contributed by atoms with Crippen molar-refractivity contribution in [3.8, 4) is 22.9 Å². The summed E-state index contributed by atoms with van der Waals surface area (Å²) in [6.07, 6.45) is 0. The van der Waals surface area contributed by atoms with E-state index in [0.717, 1.165) is 51.4 Å². The highest BCUT2D eigenvalue weighted by Crippen LogP contribution is 2.37. The van der Waals surface area contributed by atoms with E-state index in [2.05, 4.69) is 10.2 Å². The van der Waals surface area contributed by atoms with Gasteiger partial charge in [-0.3, -0.25) is 9.56 Å². The fourth-order valence-corrected chi connectivity index (χ4v) is 3.70. The van der Waals surface area contributed by atoms with Crippen molar-refractivity contribution in [2.45, 2.75) is 34.2 Å². The minimum Gasteiger partial charge on any atom is -0.494 e. The van der Waals surface area contributed by atoms with Gasteiger partial charge in [0.1, 0.15) is 29.6 Å². The van der Waals surface area contributed by atoms with E-state index in [4.69, 9.17) is 19.2 Å². The summed E-state index contributed by atoms with van der Waals surface area (Å²) in [4.78, 5) is 4.93. The number of aryl methyl sites for hydroxylation is 1. The van der Waals surface area contributed by atoms with Gasteiger partial charge in [-0.25, -0.2) is 0 Å². The predicted octanol–water partition coefficient (Wildman–Crippen LogP) is 4.12. The van der Waals surface area contributed by atoms with E-state index in [1.54, 1.807) is 0 Å². The Kier molecular flexibility index (Phi) is 5.70. The molecule has 0 unspecified atom stereocenters. The van der Waals surface area contributed by atoms with E-state index in [9.17, 15) is 0 Å². The molecule has 1 aromatic heterocycles. The molecule has 0 bridgehead atoms. The zero-order chi connectivity index (χ0) is 21.1. The third-order valence-corrected chi connectivity index (χ3v) is 4.83. The number of rotatable bonds is 7. The smallest absolute Gasteiger partial charge is 0.159 e. The largest absolute Gasteiger partial charge is 0.494 e. The van der Waals surface area contributed by atoms with Gasteiger partial charge in [-0.1, -0.05) is 12.1 Å². The molecule has 7 nitrogen and oxygen atoms in total. The highest BCUT2D eigenvalue weighted by Gasteiger charge is 2.26. The Morgan fingerprint density at radius 3 is 2.43 bits per heavy atom. The van der Waals surface area contributed by atoms with Crippen LogP contribution in [-0.4, -0.2) is 40.3 Å². The van der Waals surface area contributed by atoms with Crippen LogP contribution in [0.4, 0.5) is 0 Å². The lowest BCUT2D eigenvalue weighted by Crippen LogP contribution is -2.12. The fourth-order valence-electron chi connectivity index (χ4n) is 3.70. The summed E-state index contributed by atoms with van der Waals surface area (Å²) in [6, 6.07) is 11.9. The summed E-state index contributed by atoms with van der Waals surface area (Å²) in [5.41, 5.74) is 3.60. The Hall–Kier alpha value is -3.35. The molecule has 0 radical (unpaired) electrons. The number of fused-ring (bicyclic) bond motifs is 3. The average molecular weight is 406 g/mol. The first-order chi connectivity index (χ1) is 14.7. The highest BCUT2D eigenvalue weighted by molar-refractivity contribution is 6.17. The summed E-state index contributed by atoms with van der Waals surface area (Å²) in [5.74, 6) is 3.84. The molecule has 0 amide bonds. The third kappa shape index (κ3) is 3.63. The van der Waals surface area contributed by atoms with Crippen LogP contribution in [-0.2, 0) is 6.54 Å². The summed E-state index contributed by atoms with van der Waals surface area (Å²) < 4.78 is 19.6. The lowest BCUT2D eigenvalue weighted by atomic mass is 9.98. The van der Waals surface area contributed by atoms with Crippen molar-refractivity contribution in [3.05, 3.63) is 59.2 Å². The zero-order valence-corrected chi connectivity index (χ0v) is 17.8. The molecule has 30 heavy (non-hydrogen) atoms. The van der Waals surface area contributed by atoms with Gasteiger partial charge in [0.15, 0.2) is 5.82 Å². The van der Waals surface area contributed by atoms with Gasteiger partial charge < -0.3 is 14.2 Å². The molecule has 0 fully saturated rings.